The number of para-hydroxylation sites is 1. The maximum atomic E-state index is 12.3. The number of phenolic OH excluding ortho intramolecular Hbond substituents is 1. The molecule has 2 aromatic carbocycles. The molecule has 3 heteroatoms. The van der Waals surface area contributed by atoms with Crippen LogP contribution in [0.4, 0.5) is 5.69 Å². The van der Waals surface area contributed by atoms with Crippen molar-refractivity contribution in [3.63, 3.8) is 0 Å². The van der Waals surface area contributed by atoms with Gasteiger partial charge in [-0.15, -0.1) is 0 Å². The fourth-order valence-electron chi connectivity index (χ4n) is 2.40. The number of aromatic hydroxyl groups is 1. The van der Waals surface area contributed by atoms with Gasteiger partial charge in [-0.05, 0) is 23.8 Å². The van der Waals surface area contributed by atoms with Crippen LogP contribution in [0.25, 0.3) is 0 Å². The van der Waals surface area contributed by atoms with E-state index in [4.69, 9.17) is 0 Å². The monoisotopic (exact) mass is 252 g/mol. The van der Waals surface area contributed by atoms with Crippen molar-refractivity contribution in [3.8, 4) is 5.75 Å². The molecule has 0 saturated heterocycles. The third-order valence-corrected chi connectivity index (χ3v) is 3.45. The minimum absolute atomic E-state index is 0.0951. The van der Waals surface area contributed by atoms with E-state index in [2.05, 4.69) is 11.4 Å². The molecule has 1 unspecified atom stereocenters. The van der Waals surface area contributed by atoms with Gasteiger partial charge in [0.25, 0.3) is 0 Å². The Kier molecular flexibility index (Phi) is 2.95. The molecule has 0 aromatic heterocycles. The van der Waals surface area contributed by atoms with E-state index in [-0.39, 0.29) is 24.0 Å². The lowest BCUT2D eigenvalue weighted by Crippen LogP contribution is -2.28. The maximum absolute atomic E-state index is 12.3. The second-order valence-electron chi connectivity index (χ2n) is 4.76. The second-order valence-corrected chi connectivity index (χ2v) is 4.76. The van der Waals surface area contributed by atoms with Crippen LogP contribution >= 0.6 is 0 Å². The van der Waals surface area contributed by atoms with Crippen molar-refractivity contribution >= 4 is 11.5 Å². The standard InChI is InChI=1S/C16H14NO2/c18-15-8-4-2-6-12(15)10-16(19)14-9-11-5-1-3-7-13(11)17-14/h1-2,4-8,14,17-18H,9-10H2. The van der Waals surface area contributed by atoms with Gasteiger partial charge in [0.2, 0.25) is 0 Å². The van der Waals surface area contributed by atoms with Gasteiger partial charge in [0.05, 0.1) is 6.04 Å². The Balaban J connectivity index is 1.72. The van der Waals surface area contributed by atoms with Gasteiger partial charge in [-0.3, -0.25) is 4.79 Å². The largest absolute Gasteiger partial charge is 0.508 e. The molecule has 3 nitrogen and oxygen atoms in total. The maximum Gasteiger partial charge on any atom is 0.159 e. The SMILES string of the molecule is O=C(Cc1ccccc1O)C1Cc2cc[c]cc2N1. The number of carbonyl (C=O) groups is 1. The summed E-state index contributed by atoms with van der Waals surface area (Å²) >= 11 is 0. The number of hydrogen-bond acceptors (Lipinski definition) is 3. The van der Waals surface area contributed by atoms with Gasteiger partial charge in [0, 0.05) is 24.1 Å². The quantitative estimate of drug-likeness (QED) is 0.881. The molecule has 95 valence electrons. The van der Waals surface area contributed by atoms with Gasteiger partial charge < -0.3 is 10.4 Å². The third-order valence-electron chi connectivity index (χ3n) is 3.45. The topological polar surface area (TPSA) is 49.3 Å². The fraction of sp³-hybridized carbons (Fsp3) is 0.188. The number of carbonyl (C=O) groups excluding carboxylic acids is 1. The summed E-state index contributed by atoms with van der Waals surface area (Å²) in [6.45, 7) is 0. The average Bonchev–Trinajstić information content (AvgIpc) is 2.85. The van der Waals surface area contributed by atoms with Crippen molar-refractivity contribution in [1.29, 1.82) is 0 Å². The summed E-state index contributed by atoms with van der Waals surface area (Å²) in [5.74, 6) is 0.275. The Bertz CT molecular complexity index is 597. The lowest BCUT2D eigenvalue weighted by Gasteiger charge is -2.10. The number of hydrogen-bond donors (Lipinski definition) is 2. The number of phenols is 1. The van der Waals surface area contributed by atoms with Crippen molar-refractivity contribution in [2.75, 3.05) is 5.32 Å². The van der Waals surface area contributed by atoms with Crippen LogP contribution in [0.2, 0.25) is 0 Å². The lowest BCUT2D eigenvalue weighted by molar-refractivity contribution is -0.119. The Morgan fingerprint density at radius 2 is 2.21 bits per heavy atom. The summed E-state index contributed by atoms with van der Waals surface area (Å²) in [7, 11) is 0. The van der Waals surface area contributed by atoms with Crippen LogP contribution in [-0.2, 0) is 17.6 Å². The van der Waals surface area contributed by atoms with Gasteiger partial charge in [-0.25, -0.2) is 0 Å². The summed E-state index contributed by atoms with van der Waals surface area (Å²) in [4.78, 5) is 12.3. The highest BCUT2D eigenvalue weighted by atomic mass is 16.3. The Morgan fingerprint density at radius 1 is 1.37 bits per heavy atom. The fourth-order valence-corrected chi connectivity index (χ4v) is 2.40. The molecule has 2 aromatic rings. The molecule has 2 N–H and O–H groups in total. The highest BCUT2D eigenvalue weighted by Gasteiger charge is 2.26. The van der Waals surface area contributed by atoms with Crippen LogP contribution in [0, 0.1) is 6.07 Å². The number of nitrogens with one attached hydrogen (secondary N) is 1. The highest BCUT2D eigenvalue weighted by molar-refractivity contribution is 5.91. The molecule has 19 heavy (non-hydrogen) atoms. The van der Waals surface area contributed by atoms with Crippen LogP contribution in [0.15, 0.2) is 42.5 Å². The first-order chi connectivity index (χ1) is 9.24. The molecular weight excluding hydrogens is 238 g/mol. The van der Waals surface area contributed by atoms with E-state index in [1.807, 2.05) is 24.3 Å². The molecule has 0 saturated carbocycles. The van der Waals surface area contributed by atoms with E-state index < -0.39 is 0 Å². The van der Waals surface area contributed by atoms with Crippen molar-refractivity contribution < 1.29 is 9.90 Å². The van der Waals surface area contributed by atoms with Crippen molar-refractivity contribution in [3.05, 3.63) is 59.7 Å². The number of ketones is 1. The number of benzene rings is 2. The Morgan fingerprint density at radius 3 is 3.00 bits per heavy atom. The van der Waals surface area contributed by atoms with Crippen LogP contribution in [0.1, 0.15) is 11.1 Å². The van der Waals surface area contributed by atoms with E-state index >= 15 is 0 Å². The normalized spacial score (nSPS) is 16.7. The van der Waals surface area contributed by atoms with Gasteiger partial charge in [-0.1, -0.05) is 30.3 Å². The molecule has 3 rings (SSSR count). The number of anilines is 1. The molecule has 1 radical (unpaired) electrons. The van der Waals surface area contributed by atoms with E-state index in [0.717, 1.165) is 11.3 Å². The highest BCUT2D eigenvalue weighted by Crippen LogP contribution is 2.26. The van der Waals surface area contributed by atoms with Gasteiger partial charge in [-0.2, -0.15) is 0 Å². The zero-order valence-electron chi connectivity index (χ0n) is 10.4. The zero-order chi connectivity index (χ0) is 13.2. The lowest BCUT2D eigenvalue weighted by atomic mass is 10.0. The van der Waals surface area contributed by atoms with Gasteiger partial charge in [0.1, 0.15) is 5.75 Å². The number of fused-ring (bicyclic) bond motifs is 1. The summed E-state index contributed by atoms with van der Waals surface area (Å²) in [5, 5.41) is 12.9. The molecule has 0 amide bonds. The summed E-state index contributed by atoms with van der Waals surface area (Å²) in [6, 6.07) is 15.5. The molecular formula is C16H14NO2. The third kappa shape index (κ3) is 2.32. The second kappa shape index (κ2) is 4.76. The first kappa shape index (κ1) is 11.8. The predicted octanol–water partition coefficient (Wildman–Crippen LogP) is 2.34. The molecule has 1 heterocycles. The minimum atomic E-state index is -0.203. The molecule has 0 fully saturated rings. The van der Waals surface area contributed by atoms with Crippen molar-refractivity contribution in [1.82, 2.24) is 0 Å². The van der Waals surface area contributed by atoms with Gasteiger partial charge >= 0.3 is 0 Å². The van der Waals surface area contributed by atoms with Crippen LogP contribution in [0.5, 0.6) is 5.75 Å². The van der Waals surface area contributed by atoms with Crippen LogP contribution in [-0.4, -0.2) is 16.9 Å². The first-order valence-corrected chi connectivity index (χ1v) is 6.29. The molecule has 0 aliphatic carbocycles. The first-order valence-electron chi connectivity index (χ1n) is 6.29. The zero-order valence-corrected chi connectivity index (χ0v) is 10.4. The Hall–Kier alpha value is -2.29. The molecule has 0 spiro atoms. The van der Waals surface area contributed by atoms with Crippen LogP contribution < -0.4 is 5.32 Å². The summed E-state index contributed by atoms with van der Waals surface area (Å²) in [6.07, 6.45) is 0.957. The van der Waals surface area contributed by atoms with Gasteiger partial charge in [0.15, 0.2) is 5.78 Å². The molecule has 1 aliphatic rings. The summed E-state index contributed by atoms with van der Waals surface area (Å²) < 4.78 is 0. The molecule has 1 aliphatic heterocycles. The molecule has 1 atom stereocenters. The number of rotatable bonds is 3. The van der Waals surface area contributed by atoms with Crippen molar-refractivity contribution in [2.24, 2.45) is 0 Å². The van der Waals surface area contributed by atoms with E-state index in [1.165, 1.54) is 0 Å². The van der Waals surface area contributed by atoms with E-state index in [9.17, 15) is 9.90 Å². The van der Waals surface area contributed by atoms with Crippen molar-refractivity contribution in [2.45, 2.75) is 18.9 Å². The Labute approximate surface area is 111 Å². The average molecular weight is 252 g/mol. The molecule has 0 bridgehead atoms. The summed E-state index contributed by atoms with van der Waals surface area (Å²) in [5.41, 5.74) is 2.81. The number of Topliss-reactive ketones (excluding diaryl/α,β-unsaturated/α-hetero) is 1. The van der Waals surface area contributed by atoms with Crippen LogP contribution in [0.3, 0.4) is 0 Å². The predicted molar refractivity (Wildman–Crippen MR) is 73.2 cm³/mol. The van der Waals surface area contributed by atoms with E-state index in [0.29, 0.717) is 12.0 Å². The smallest absolute Gasteiger partial charge is 0.159 e. The minimum Gasteiger partial charge on any atom is -0.508 e. The van der Waals surface area contributed by atoms with E-state index in [1.54, 1.807) is 18.2 Å².